The molecule has 1 aromatic heterocycles. The lowest BCUT2D eigenvalue weighted by Crippen LogP contribution is -2.28. The van der Waals surface area contributed by atoms with Crippen LogP contribution in [0.5, 0.6) is 0 Å². The Bertz CT molecular complexity index is 821. The van der Waals surface area contributed by atoms with Gasteiger partial charge >= 0.3 is 6.09 Å². The maximum Gasteiger partial charge on any atom is 0.425 e. The summed E-state index contributed by atoms with van der Waals surface area (Å²) >= 11 is 6.81. The van der Waals surface area contributed by atoms with Gasteiger partial charge in [0.2, 0.25) is 0 Å². The molecule has 0 unspecified atom stereocenters. The van der Waals surface area contributed by atoms with Crippen LogP contribution < -0.4 is 10.9 Å². The largest absolute Gasteiger partial charge is 0.452 e. The third kappa shape index (κ3) is 3.95. The molecule has 5 nitrogen and oxygen atoms in total. The Kier molecular flexibility index (Phi) is 5.04. The zero-order chi connectivity index (χ0) is 16.2. The number of para-hydroxylation sites is 1. The Labute approximate surface area is 149 Å². The van der Waals surface area contributed by atoms with E-state index in [1.165, 1.54) is 11.8 Å². The molecule has 3 aromatic rings. The van der Waals surface area contributed by atoms with Gasteiger partial charge < -0.3 is 4.74 Å². The second-order valence-electron chi connectivity index (χ2n) is 4.44. The summed E-state index contributed by atoms with van der Waals surface area (Å²) < 4.78 is 7.57. The minimum Gasteiger partial charge on any atom is -0.452 e. The van der Waals surface area contributed by atoms with Crippen molar-refractivity contribution in [2.24, 2.45) is 0 Å². The Balaban J connectivity index is 1.74. The maximum atomic E-state index is 11.0. The molecule has 8 heteroatoms. The molecule has 3 rings (SSSR count). The van der Waals surface area contributed by atoms with Gasteiger partial charge in [-0.3, -0.25) is 5.43 Å². The van der Waals surface area contributed by atoms with E-state index in [4.69, 9.17) is 0 Å². The zero-order valence-corrected chi connectivity index (χ0v) is 15.2. The number of carbonyl (C=O) groups is 1. The van der Waals surface area contributed by atoms with E-state index in [1.807, 2.05) is 36.4 Å². The molecule has 2 N–H and O–H groups in total. The number of methoxy groups -OCH3 is 1. The number of ether oxygens (including phenoxy) is 1. The number of fused-ring (bicyclic) bond motifs is 1. The highest BCUT2D eigenvalue weighted by molar-refractivity contribution is 9.10. The van der Waals surface area contributed by atoms with Crippen LogP contribution in [0.1, 0.15) is 0 Å². The van der Waals surface area contributed by atoms with Crippen molar-refractivity contribution in [2.75, 3.05) is 12.5 Å². The number of nitrogens with one attached hydrogen (secondary N) is 2. The molecule has 0 bridgehead atoms. The van der Waals surface area contributed by atoms with Gasteiger partial charge in [0, 0.05) is 9.37 Å². The molecule has 23 heavy (non-hydrogen) atoms. The molecule has 0 aliphatic rings. The predicted molar refractivity (Wildman–Crippen MR) is 97.0 cm³/mol. The first kappa shape index (κ1) is 16.1. The fraction of sp³-hybridized carbons (Fsp3) is 0.0667. The SMILES string of the molecule is COC(=O)NNc1ccc(Sc2nc3ccccc3s2)c(Br)c1. The summed E-state index contributed by atoms with van der Waals surface area (Å²) in [5.74, 6) is 0. The molecule has 0 atom stereocenters. The highest BCUT2D eigenvalue weighted by atomic mass is 79.9. The van der Waals surface area contributed by atoms with Crippen LogP contribution in [-0.4, -0.2) is 18.2 Å². The Morgan fingerprint density at radius 1 is 1.30 bits per heavy atom. The second-order valence-corrected chi connectivity index (χ2v) is 7.61. The van der Waals surface area contributed by atoms with E-state index in [1.54, 1.807) is 23.1 Å². The standard InChI is InChI=1S/C15H12BrN3O2S2/c1-21-14(20)19-18-9-6-7-12(10(16)8-9)22-15-17-11-4-2-3-5-13(11)23-15/h2-8,18H,1H3,(H,19,20). The molecule has 0 aliphatic carbocycles. The van der Waals surface area contributed by atoms with Crippen molar-refractivity contribution in [1.29, 1.82) is 0 Å². The lowest BCUT2D eigenvalue weighted by Gasteiger charge is -2.09. The lowest BCUT2D eigenvalue weighted by molar-refractivity contribution is 0.173. The number of carbonyl (C=O) groups excluding carboxylic acids is 1. The fourth-order valence-corrected chi connectivity index (χ4v) is 4.47. The maximum absolute atomic E-state index is 11.0. The molecular formula is C15H12BrN3O2S2. The average molecular weight is 410 g/mol. The minimum atomic E-state index is -0.547. The normalized spacial score (nSPS) is 10.5. The second kappa shape index (κ2) is 7.20. The van der Waals surface area contributed by atoms with Crippen LogP contribution in [0, 0.1) is 0 Å². The van der Waals surface area contributed by atoms with Gasteiger partial charge in [-0.05, 0) is 46.3 Å². The first-order valence-corrected chi connectivity index (χ1v) is 9.01. The third-order valence-electron chi connectivity index (χ3n) is 2.90. The van der Waals surface area contributed by atoms with E-state index in [-0.39, 0.29) is 0 Å². The number of hydrogen-bond acceptors (Lipinski definition) is 6. The topological polar surface area (TPSA) is 63.2 Å². The Morgan fingerprint density at radius 3 is 2.87 bits per heavy atom. The quantitative estimate of drug-likeness (QED) is 0.600. The van der Waals surface area contributed by atoms with Crippen LogP contribution in [0.4, 0.5) is 10.5 Å². The molecule has 118 valence electrons. The first-order valence-electron chi connectivity index (χ1n) is 6.58. The van der Waals surface area contributed by atoms with Crippen LogP contribution in [0.3, 0.4) is 0 Å². The first-order chi connectivity index (χ1) is 11.2. The molecule has 0 spiro atoms. The van der Waals surface area contributed by atoms with Gasteiger partial charge in [0.15, 0.2) is 4.34 Å². The Morgan fingerprint density at radius 2 is 2.13 bits per heavy atom. The van der Waals surface area contributed by atoms with Crippen LogP contribution in [0.25, 0.3) is 10.2 Å². The molecule has 0 fully saturated rings. The summed E-state index contributed by atoms with van der Waals surface area (Å²) in [5, 5.41) is 0. The summed E-state index contributed by atoms with van der Waals surface area (Å²) in [6.45, 7) is 0. The molecule has 2 aromatic carbocycles. The number of halogens is 1. The van der Waals surface area contributed by atoms with Crippen molar-refractivity contribution in [3.8, 4) is 0 Å². The summed E-state index contributed by atoms with van der Waals surface area (Å²) in [6.07, 6.45) is -0.547. The number of benzene rings is 2. The molecule has 1 heterocycles. The van der Waals surface area contributed by atoms with E-state index in [9.17, 15) is 4.79 Å². The highest BCUT2D eigenvalue weighted by Gasteiger charge is 2.09. The Hall–Kier alpha value is -1.77. The molecule has 0 saturated carbocycles. The van der Waals surface area contributed by atoms with Crippen molar-refractivity contribution >= 4 is 61.0 Å². The average Bonchev–Trinajstić information content (AvgIpc) is 2.97. The van der Waals surface area contributed by atoms with E-state index in [0.717, 1.165) is 24.9 Å². The van der Waals surface area contributed by atoms with Crippen molar-refractivity contribution in [1.82, 2.24) is 10.4 Å². The van der Waals surface area contributed by atoms with Gasteiger partial charge in [0.1, 0.15) is 0 Å². The van der Waals surface area contributed by atoms with Gasteiger partial charge in [-0.15, -0.1) is 11.3 Å². The number of hydrogen-bond donors (Lipinski definition) is 2. The smallest absolute Gasteiger partial charge is 0.425 e. The number of anilines is 1. The number of nitrogens with zero attached hydrogens (tertiary/aromatic N) is 1. The summed E-state index contributed by atoms with van der Waals surface area (Å²) in [5.41, 5.74) is 6.94. The lowest BCUT2D eigenvalue weighted by atomic mass is 10.3. The zero-order valence-electron chi connectivity index (χ0n) is 12.0. The molecule has 1 amide bonds. The fourth-order valence-electron chi connectivity index (χ4n) is 1.82. The molecule has 0 aliphatic heterocycles. The van der Waals surface area contributed by atoms with Gasteiger partial charge in [-0.2, -0.15) is 0 Å². The van der Waals surface area contributed by atoms with Crippen molar-refractivity contribution in [2.45, 2.75) is 9.24 Å². The number of rotatable bonds is 4. The van der Waals surface area contributed by atoms with Crippen LogP contribution >= 0.6 is 39.0 Å². The van der Waals surface area contributed by atoms with Gasteiger partial charge in [-0.25, -0.2) is 15.2 Å². The van der Waals surface area contributed by atoms with Crippen molar-refractivity contribution in [3.63, 3.8) is 0 Å². The minimum absolute atomic E-state index is 0.547. The van der Waals surface area contributed by atoms with E-state index < -0.39 is 6.09 Å². The number of aromatic nitrogens is 1. The van der Waals surface area contributed by atoms with Crippen LogP contribution in [-0.2, 0) is 4.74 Å². The third-order valence-corrected chi connectivity index (χ3v) is 5.99. The van der Waals surface area contributed by atoms with Crippen molar-refractivity contribution < 1.29 is 9.53 Å². The highest BCUT2D eigenvalue weighted by Crippen LogP contribution is 2.38. The number of hydrazine groups is 1. The molecular weight excluding hydrogens is 398 g/mol. The van der Waals surface area contributed by atoms with Gasteiger partial charge in [0.05, 0.1) is 23.0 Å². The number of thiazole rings is 1. The molecule has 0 radical (unpaired) electrons. The summed E-state index contributed by atoms with van der Waals surface area (Å²) in [6, 6.07) is 13.8. The van der Waals surface area contributed by atoms with Crippen LogP contribution in [0.15, 0.2) is 56.2 Å². The van der Waals surface area contributed by atoms with E-state index in [2.05, 4.69) is 42.6 Å². The predicted octanol–water partition coefficient (Wildman–Crippen LogP) is 4.89. The van der Waals surface area contributed by atoms with E-state index >= 15 is 0 Å². The van der Waals surface area contributed by atoms with Gasteiger partial charge in [-0.1, -0.05) is 23.9 Å². The summed E-state index contributed by atoms with van der Waals surface area (Å²) in [4.78, 5) is 16.7. The molecule has 0 saturated heterocycles. The summed E-state index contributed by atoms with van der Waals surface area (Å²) in [7, 11) is 1.31. The monoisotopic (exact) mass is 409 g/mol. The van der Waals surface area contributed by atoms with E-state index in [0.29, 0.717) is 0 Å². The van der Waals surface area contributed by atoms with Crippen molar-refractivity contribution in [3.05, 3.63) is 46.9 Å². The van der Waals surface area contributed by atoms with Gasteiger partial charge in [0.25, 0.3) is 0 Å². The number of amides is 1. The van der Waals surface area contributed by atoms with Crippen LogP contribution in [0.2, 0.25) is 0 Å².